The zero-order valence-corrected chi connectivity index (χ0v) is 11.4. The molecule has 1 aromatic heterocycles. The minimum atomic E-state index is 0.182. The monoisotopic (exact) mass is 247 g/mol. The van der Waals surface area contributed by atoms with Crippen LogP contribution in [0.4, 0.5) is 5.69 Å². The number of likely N-dealkylation sites (tertiary alicyclic amines) is 1. The molecule has 0 saturated carbocycles. The van der Waals surface area contributed by atoms with Crippen molar-refractivity contribution in [3.8, 4) is 0 Å². The number of aryl methyl sites for hydroxylation is 2. The van der Waals surface area contributed by atoms with E-state index < -0.39 is 0 Å². The van der Waals surface area contributed by atoms with Gasteiger partial charge in [0.15, 0.2) is 0 Å². The summed E-state index contributed by atoms with van der Waals surface area (Å²) in [5, 5.41) is 3.54. The third-order valence-corrected chi connectivity index (χ3v) is 3.52. The summed E-state index contributed by atoms with van der Waals surface area (Å²) in [6.07, 6.45) is 2.01. The van der Waals surface area contributed by atoms with Gasteiger partial charge in [-0.15, -0.1) is 0 Å². The second-order valence-electron chi connectivity index (χ2n) is 5.01. The first-order chi connectivity index (χ1) is 8.56. The van der Waals surface area contributed by atoms with Crippen LogP contribution >= 0.6 is 0 Å². The lowest BCUT2D eigenvalue weighted by Crippen LogP contribution is -2.41. The van der Waals surface area contributed by atoms with E-state index in [9.17, 15) is 4.79 Å². The van der Waals surface area contributed by atoms with Crippen LogP contribution in [0.2, 0.25) is 0 Å². The van der Waals surface area contributed by atoms with Crippen molar-refractivity contribution in [1.82, 2.24) is 9.88 Å². The van der Waals surface area contributed by atoms with Crippen LogP contribution in [0.15, 0.2) is 12.1 Å². The predicted molar refractivity (Wildman–Crippen MR) is 72.6 cm³/mol. The summed E-state index contributed by atoms with van der Waals surface area (Å²) < 4.78 is 0. The zero-order valence-electron chi connectivity index (χ0n) is 11.4. The minimum Gasteiger partial charge on any atom is -0.381 e. The molecule has 0 aliphatic carbocycles. The van der Waals surface area contributed by atoms with Crippen molar-refractivity contribution in [2.45, 2.75) is 39.7 Å². The molecule has 4 heteroatoms. The number of piperidine rings is 1. The predicted octanol–water partition coefficient (Wildman–Crippen LogP) is 2.12. The van der Waals surface area contributed by atoms with Gasteiger partial charge < -0.3 is 10.2 Å². The fourth-order valence-electron chi connectivity index (χ4n) is 2.40. The van der Waals surface area contributed by atoms with Gasteiger partial charge in [-0.25, -0.2) is 0 Å². The Hall–Kier alpha value is -1.58. The summed E-state index contributed by atoms with van der Waals surface area (Å²) in [6.45, 7) is 7.38. The van der Waals surface area contributed by atoms with E-state index in [0.29, 0.717) is 6.04 Å². The number of carbonyl (C=O) groups excluding carboxylic acids is 1. The van der Waals surface area contributed by atoms with E-state index in [1.807, 2.05) is 24.8 Å². The van der Waals surface area contributed by atoms with Crippen molar-refractivity contribution < 1.29 is 4.79 Å². The highest BCUT2D eigenvalue weighted by Crippen LogP contribution is 2.19. The molecule has 1 saturated heterocycles. The normalized spacial score (nSPS) is 16.7. The van der Waals surface area contributed by atoms with Gasteiger partial charge in [-0.3, -0.25) is 9.78 Å². The summed E-state index contributed by atoms with van der Waals surface area (Å²) in [4.78, 5) is 17.6. The van der Waals surface area contributed by atoms with Crippen LogP contribution in [0.5, 0.6) is 0 Å². The molecule has 0 radical (unpaired) electrons. The first-order valence-corrected chi connectivity index (χ1v) is 6.52. The zero-order chi connectivity index (χ0) is 13.1. The molecule has 1 amide bonds. The largest absolute Gasteiger partial charge is 0.381 e. The van der Waals surface area contributed by atoms with Gasteiger partial charge in [0.2, 0.25) is 5.91 Å². The molecule has 98 valence electrons. The Bertz CT molecular complexity index is 437. The van der Waals surface area contributed by atoms with E-state index in [2.05, 4.69) is 16.4 Å². The Morgan fingerprint density at radius 3 is 2.56 bits per heavy atom. The van der Waals surface area contributed by atoms with Crippen molar-refractivity contribution in [3.05, 3.63) is 23.5 Å². The molecule has 0 bridgehead atoms. The van der Waals surface area contributed by atoms with Crippen LogP contribution in [-0.4, -0.2) is 34.9 Å². The number of carbonyl (C=O) groups is 1. The second kappa shape index (κ2) is 5.38. The van der Waals surface area contributed by atoms with Gasteiger partial charge in [0.05, 0.1) is 11.4 Å². The summed E-state index contributed by atoms with van der Waals surface area (Å²) in [5.74, 6) is 0.182. The first-order valence-electron chi connectivity index (χ1n) is 6.52. The number of amides is 1. The third-order valence-electron chi connectivity index (χ3n) is 3.52. The van der Waals surface area contributed by atoms with E-state index in [1.165, 1.54) is 0 Å². The number of rotatable bonds is 2. The summed E-state index contributed by atoms with van der Waals surface area (Å²) in [7, 11) is 0. The van der Waals surface area contributed by atoms with E-state index in [1.54, 1.807) is 6.92 Å². The molecular formula is C14H21N3O. The van der Waals surface area contributed by atoms with Crippen molar-refractivity contribution in [2.75, 3.05) is 18.4 Å². The molecule has 1 aliphatic heterocycles. The molecular weight excluding hydrogens is 226 g/mol. The molecule has 2 heterocycles. The van der Waals surface area contributed by atoms with Crippen LogP contribution in [0.1, 0.15) is 31.2 Å². The maximum Gasteiger partial charge on any atom is 0.219 e. The van der Waals surface area contributed by atoms with Crippen molar-refractivity contribution in [1.29, 1.82) is 0 Å². The number of anilines is 1. The highest BCUT2D eigenvalue weighted by atomic mass is 16.2. The Balaban J connectivity index is 1.93. The molecule has 0 unspecified atom stereocenters. The van der Waals surface area contributed by atoms with Crippen LogP contribution < -0.4 is 5.32 Å². The molecule has 1 aromatic rings. The lowest BCUT2D eigenvalue weighted by atomic mass is 10.0. The highest BCUT2D eigenvalue weighted by molar-refractivity contribution is 5.73. The van der Waals surface area contributed by atoms with Gasteiger partial charge in [0, 0.05) is 31.7 Å². The van der Waals surface area contributed by atoms with E-state index >= 15 is 0 Å². The quantitative estimate of drug-likeness (QED) is 0.870. The molecule has 1 N–H and O–H groups in total. The Morgan fingerprint density at radius 1 is 1.33 bits per heavy atom. The number of nitrogens with one attached hydrogen (secondary N) is 1. The molecule has 0 atom stereocenters. The van der Waals surface area contributed by atoms with Crippen molar-refractivity contribution in [2.24, 2.45) is 0 Å². The molecule has 0 spiro atoms. The van der Waals surface area contributed by atoms with Gasteiger partial charge in [0.1, 0.15) is 0 Å². The van der Waals surface area contributed by atoms with Crippen LogP contribution in [0, 0.1) is 13.8 Å². The van der Waals surface area contributed by atoms with Gasteiger partial charge in [-0.2, -0.15) is 0 Å². The summed E-state index contributed by atoms with van der Waals surface area (Å²) >= 11 is 0. The first kappa shape index (κ1) is 12.9. The van der Waals surface area contributed by atoms with Crippen LogP contribution in [0.3, 0.4) is 0 Å². The Labute approximate surface area is 108 Å². The number of pyridine rings is 1. The maximum atomic E-state index is 11.3. The Kier molecular flexibility index (Phi) is 3.84. The molecule has 0 aromatic carbocycles. The van der Waals surface area contributed by atoms with Gasteiger partial charge >= 0.3 is 0 Å². The van der Waals surface area contributed by atoms with E-state index in [-0.39, 0.29) is 5.91 Å². The summed E-state index contributed by atoms with van der Waals surface area (Å²) in [6, 6.07) is 4.57. The van der Waals surface area contributed by atoms with E-state index in [0.717, 1.165) is 43.0 Å². The van der Waals surface area contributed by atoms with E-state index in [4.69, 9.17) is 0 Å². The van der Waals surface area contributed by atoms with Crippen molar-refractivity contribution >= 4 is 11.6 Å². The SMILES string of the molecule is CC(=O)N1CCC(Nc2ccc(C)nc2C)CC1. The van der Waals surface area contributed by atoms with Gasteiger partial charge in [-0.1, -0.05) is 0 Å². The number of hydrogen-bond acceptors (Lipinski definition) is 3. The second-order valence-corrected chi connectivity index (χ2v) is 5.01. The smallest absolute Gasteiger partial charge is 0.219 e. The van der Waals surface area contributed by atoms with Crippen LogP contribution in [0.25, 0.3) is 0 Å². The fraction of sp³-hybridized carbons (Fsp3) is 0.571. The van der Waals surface area contributed by atoms with Crippen molar-refractivity contribution in [3.63, 3.8) is 0 Å². The van der Waals surface area contributed by atoms with Gasteiger partial charge in [0.25, 0.3) is 0 Å². The maximum absolute atomic E-state index is 11.3. The average Bonchev–Trinajstić information content (AvgIpc) is 2.33. The lowest BCUT2D eigenvalue weighted by molar-refractivity contribution is -0.129. The van der Waals surface area contributed by atoms with Gasteiger partial charge in [-0.05, 0) is 38.8 Å². The molecule has 1 aliphatic rings. The number of hydrogen-bond donors (Lipinski definition) is 1. The number of aromatic nitrogens is 1. The fourth-order valence-corrected chi connectivity index (χ4v) is 2.40. The minimum absolute atomic E-state index is 0.182. The lowest BCUT2D eigenvalue weighted by Gasteiger charge is -2.32. The molecule has 2 rings (SSSR count). The highest BCUT2D eigenvalue weighted by Gasteiger charge is 2.20. The van der Waals surface area contributed by atoms with Crippen LogP contribution in [-0.2, 0) is 4.79 Å². The topological polar surface area (TPSA) is 45.2 Å². The molecule has 1 fully saturated rings. The standard InChI is InChI=1S/C14H21N3O/c1-10-4-5-14(11(2)15-10)16-13-6-8-17(9-7-13)12(3)18/h4-5,13,16H,6-9H2,1-3H3. The average molecular weight is 247 g/mol. The molecule has 4 nitrogen and oxygen atoms in total. The number of nitrogens with zero attached hydrogens (tertiary/aromatic N) is 2. The third kappa shape index (κ3) is 3.00. The Morgan fingerprint density at radius 2 is 2.00 bits per heavy atom. The summed E-state index contributed by atoms with van der Waals surface area (Å²) in [5.41, 5.74) is 3.20. The molecule has 18 heavy (non-hydrogen) atoms.